The number of carbonyl (C=O) groups excluding carboxylic acids is 1. The number of hydrogen-bond acceptors (Lipinski definition) is 3. The summed E-state index contributed by atoms with van der Waals surface area (Å²) in [7, 11) is 3.43. The fraction of sp³-hybridized carbons (Fsp3) is 0.900. The molecule has 1 aliphatic rings. The SMILES string of the molecule is CN[C@@H]1CCCC[C@@H]1CC(=O)OC. The third-order valence-electron chi connectivity index (χ3n) is 2.94. The lowest BCUT2D eigenvalue weighted by molar-refractivity contribution is -0.142. The molecule has 0 saturated heterocycles. The second-order valence-electron chi connectivity index (χ2n) is 3.72. The van der Waals surface area contributed by atoms with Crippen LogP contribution in [0.1, 0.15) is 32.1 Å². The van der Waals surface area contributed by atoms with Gasteiger partial charge in [0.1, 0.15) is 0 Å². The topological polar surface area (TPSA) is 38.3 Å². The Morgan fingerprint density at radius 1 is 1.46 bits per heavy atom. The zero-order chi connectivity index (χ0) is 9.68. The Kier molecular flexibility index (Phi) is 4.22. The molecule has 3 nitrogen and oxygen atoms in total. The van der Waals surface area contributed by atoms with E-state index in [1.54, 1.807) is 0 Å². The second kappa shape index (κ2) is 5.22. The standard InChI is InChI=1S/C10H19NO2/c1-11-9-6-4-3-5-8(9)7-10(12)13-2/h8-9,11H,3-7H2,1-2H3/t8-,9-/m1/s1. The van der Waals surface area contributed by atoms with Crippen molar-refractivity contribution in [1.82, 2.24) is 5.32 Å². The Morgan fingerprint density at radius 2 is 2.15 bits per heavy atom. The van der Waals surface area contributed by atoms with Crippen molar-refractivity contribution < 1.29 is 9.53 Å². The van der Waals surface area contributed by atoms with E-state index in [0.717, 1.165) is 6.42 Å². The van der Waals surface area contributed by atoms with Crippen LogP contribution in [0.3, 0.4) is 0 Å². The summed E-state index contributed by atoms with van der Waals surface area (Å²) in [5, 5.41) is 3.28. The first-order valence-corrected chi connectivity index (χ1v) is 5.02. The summed E-state index contributed by atoms with van der Waals surface area (Å²) < 4.78 is 4.68. The second-order valence-corrected chi connectivity index (χ2v) is 3.72. The number of ether oxygens (including phenoxy) is 1. The molecule has 0 radical (unpaired) electrons. The van der Waals surface area contributed by atoms with Gasteiger partial charge in [-0.3, -0.25) is 4.79 Å². The molecule has 1 rings (SSSR count). The quantitative estimate of drug-likeness (QED) is 0.674. The molecule has 1 N–H and O–H groups in total. The van der Waals surface area contributed by atoms with Crippen LogP contribution in [0.15, 0.2) is 0 Å². The van der Waals surface area contributed by atoms with Gasteiger partial charge < -0.3 is 10.1 Å². The summed E-state index contributed by atoms with van der Waals surface area (Å²) in [6.07, 6.45) is 5.45. The van der Waals surface area contributed by atoms with Crippen molar-refractivity contribution in [2.24, 2.45) is 5.92 Å². The molecule has 0 heterocycles. The van der Waals surface area contributed by atoms with E-state index in [-0.39, 0.29) is 5.97 Å². The molecule has 2 atom stereocenters. The third-order valence-corrected chi connectivity index (χ3v) is 2.94. The van der Waals surface area contributed by atoms with Crippen molar-refractivity contribution in [2.45, 2.75) is 38.1 Å². The summed E-state index contributed by atoms with van der Waals surface area (Å²) in [6, 6.07) is 0.507. The molecule has 0 aliphatic heterocycles. The van der Waals surface area contributed by atoms with E-state index in [1.165, 1.54) is 26.4 Å². The highest BCUT2D eigenvalue weighted by Gasteiger charge is 2.25. The Morgan fingerprint density at radius 3 is 2.77 bits per heavy atom. The van der Waals surface area contributed by atoms with Gasteiger partial charge in [0, 0.05) is 12.5 Å². The van der Waals surface area contributed by atoms with Crippen LogP contribution in [-0.2, 0) is 9.53 Å². The van der Waals surface area contributed by atoms with Crippen molar-refractivity contribution in [2.75, 3.05) is 14.2 Å². The molecule has 0 aromatic heterocycles. The molecule has 0 spiro atoms. The van der Waals surface area contributed by atoms with Crippen molar-refractivity contribution in [1.29, 1.82) is 0 Å². The monoisotopic (exact) mass is 185 g/mol. The van der Waals surface area contributed by atoms with E-state index < -0.39 is 0 Å². The van der Waals surface area contributed by atoms with Gasteiger partial charge in [0.25, 0.3) is 0 Å². The van der Waals surface area contributed by atoms with Gasteiger partial charge in [-0.25, -0.2) is 0 Å². The van der Waals surface area contributed by atoms with Gasteiger partial charge >= 0.3 is 5.97 Å². The normalized spacial score (nSPS) is 28.5. The van der Waals surface area contributed by atoms with Crippen molar-refractivity contribution in [3.8, 4) is 0 Å². The first kappa shape index (κ1) is 10.5. The molecular weight excluding hydrogens is 166 g/mol. The van der Waals surface area contributed by atoms with Gasteiger partial charge in [0.15, 0.2) is 0 Å². The predicted molar refractivity (Wildman–Crippen MR) is 51.4 cm³/mol. The largest absolute Gasteiger partial charge is 0.469 e. The Balaban J connectivity index is 2.40. The molecule has 0 amide bonds. The van der Waals surface area contributed by atoms with Crippen LogP contribution in [-0.4, -0.2) is 26.2 Å². The lowest BCUT2D eigenvalue weighted by Crippen LogP contribution is -2.37. The summed E-state index contributed by atoms with van der Waals surface area (Å²) >= 11 is 0. The molecular formula is C10H19NO2. The lowest BCUT2D eigenvalue weighted by atomic mass is 9.82. The van der Waals surface area contributed by atoms with Crippen molar-refractivity contribution in [3.05, 3.63) is 0 Å². The zero-order valence-corrected chi connectivity index (χ0v) is 8.51. The first-order chi connectivity index (χ1) is 6.27. The van der Waals surface area contributed by atoms with Gasteiger partial charge in [-0.05, 0) is 25.8 Å². The molecule has 0 aromatic carbocycles. The van der Waals surface area contributed by atoms with Gasteiger partial charge in [0.05, 0.1) is 7.11 Å². The number of nitrogens with one attached hydrogen (secondary N) is 1. The first-order valence-electron chi connectivity index (χ1n) is 5.02. The minimum absolute atomic E-state index is 0.0767. The Labute approximate surface area is 79.8 Å². The average Bonchev–Trinajstić information content (AvgIpc) is 2.18. The molecule has 13 heavy (non-hydrogen) atoms. The number of methoxy groups -OCH3 is 1. The zero-order valence-electron chi connectivity index (χ0n) is 8.51. The molecule has 0 unspecified atom stereocenters. The molecule has 3 heteroatoms. The van der Waals surface area contributed by atoms with Crippen molar-refractivity contribution in [3.63, 3.8) is 0 Å². The smallest absolute Gasteiger partial charge is 0.305 e. The van der Waals surface area contributed by atoms with Crippen molar-refractivity contribution >= 4 is 5.97 Å². The van der Waals surface area contributed by atoms with E-state index in [0.29, 0.717) is 18.4 Å². The van der Waals surface area contributed by atoms with Crippen LogP contribution in [0.5, 0.6) is 0 Å². The molecule has 1 aliphatic carbocycles. The van der Waals surface area contributed by atoms with E-state index in [4.69, 9.17) is 0 Å². The summed E-state index contributed by atoms with van der Waals surface area (Å²) in [6.45, 7) is 0. The highest BCUT2D eigenvalue weighted by atomic mass is 16.5. The number of rotatable bonds is 3. The summed E-state index contributed by atoms with van der Waals surface area (Å²) in [5.74, 6) is 0.401. The fourth-order valence-electron chi connectivity index (χ4n) is 2.13. The highest BCUT2D eigenvalue weighted by molar-refractivity contribution is 5.69. The average molecular weight is 185 g/mol. The fourth-order valence-corrected chi connectivity index (χ4v) is 2.13. The Hall–Kier alpha value is -0.570. The maximum atomic E-state index is 11.1. The third kappa shape index (κ3) is 2.99. The van der Waals surface area contributed by atoms with E-state index in [1.807, 2.05) is 7.05 Å². The van der Waals surface area contributed by atoms with E-state index in [9.17, 15) is 4.79 Å². The van der Waals surface area contributed by atoms with E-state index >= 15 is 0 Å². The number of esters is 1. The minimum Gasteiger partial charge on any atom is -0.469 e. The molecule has 0 bridgehead atoms. The highest BCUT2D eigenvalue weighted by Crippen LogP contribution is 2.26. The van der Waals surface area contributed by atoms with Crippen LogP contribution in [0, 0.1) is 5.92 Å². The predicted octanol–water partition coefficient (Wildman–Crippen LogP) is 1.33. The van der Waals surface area contributed by atoms with Gasteiger partial charge in [-0.1, -0.05) is 12.8 Å². The minimum atomic E-state index is -0.0767. The molecule has 0 aromatic rings. The molecule has 1 fully saturated rings. The van der Waals surface area contributed by atoms with Gasteiger partial charge in [0.2, 0.25) is 0 Å². The summed E-state index contributed by atoms with van der Waals surface area (Å²) in [4.78, 5) is 11.1. The van der Waals surface area contributed by atoms with E-state index in [2.05, 4.69) is 10.1 Å². The molecule has 1 saturated carbocycles. The molecule has 76 valence electrons. The van der Waals surface area contributed by atoms with Crippen LogP contribution >= 0.6 is 0 Å². The van der Waals surface area contributed by atoms with Gasteiger partial charge in [-0.2, -0.15) is 0 Å². The maximum Gasteiger partial charge on any atom is 0.305 e. The van der Waals surface area contributed by atoms with Gasteiger partial charge in [-0.15, -0.1) is 0 Å². The summed E-state index contributed by atoms with van der Waals surface area (Å²) in [5.41, 5.74) is 0. The van der Waals surface area contributed by atoms with Crippen LogP contribution in [0.25, 0.3) is 0 Å². The maximum absolute atomic E-state index is 11.1. The number of carbonyl (C=O) groups is 1. The van der Waals surface area contributed by atoms with Crippen LogP contribution < -0.4 is 5.32 Å². The number of hydrogen-bond donors (Lipinski definition) is 1. The van der Waals surface area contributed by atoms with Crippen LogP contribution in [0.4, 0.5) is 0 Å². The Bertz CT molecular complexity index is 170. The lowest BCUT2D eigenvalue weighted by Gasteiger charge is -2.30. The van der Waals surface area contributed by atoms with Crippen LogP contribution in [0.2, 0.25) is 0 Å².